The molecule has 35 heavy (non-hydrogen) atoms. The second-order valence-corrected chi connectivity index (χ2v) is 8.89. The van der Waals surface area contributed by atoms with E-state index in [1.807, 2.05) is 36.4 Å². The van der Waals surface area contributed by atoms with Crippen LogP contribution in [0.1, 0.15) is 23.5 Å². The first-order valence-electron chi connectivity index (χ1n) is 11.9. The third-order valence-corrected chi connectivity index (χ3v) is 6.62. The van der Waals surface area contributed by atoms with E-state index in [4.69, 9.17) is 18.9 Å². The maximum Gasteiger partial charge on any atom is 0.407 e. The Kier molecular flexibility index (Phi) is 8.33. The third kappa shape index (κ3) is 5.98. The van der Waals surface area contributed by atoms with Crippen molar-refractivity contribution in [1.29, 1.82) is 0 Å². The molecule has 0 aliphatic carbocycles. The molecule has 3 atom stereocenters. The maximum atomic E-state index is 11.7. The van der Waals surface area contributed by atoms with E-state index < -0.39 is 18.3 Å². The lowest BCUT2D eigenvalue weighted by atomic mass is 9.84. The average molecular weight is 487 g/mol. The largest absolute Gasteiger partial charge is 0.497 e. The van der Waals surface area contributed by atoms with Gasteiger partial charge in [-0.2, -0.15) is 0 Å². The Bertz CT molecular complexity index is 984. The first kappa shape index (κ1) is 25.1. The first-order valence-corrected chi connectivity index (χ1v) is 11.9. The number of aliphatic hydroxyl groups excluding tert-OH is 1. The van der Waals surface area contributed by atoms with Gasteiger partial charge in [0.15, 0.2) is 0 Å². The molecule has 2 aromatic carbocycles. The molecule has 9 nitrogen and oxygen atoms in total. The number of piperidine rings is 1. The summed E-state index contributed by atoms with van der Waals surface area (Å²) in [6.07, 6.45) is -1.53. The number of β-amino-alcohol motifs (C(OH)–C–C–N with tert-alkyl or cyclic N) is 1. The number of amides is 1. The summed E-state index contributed by atoms with van der Waals surface area (Å²) >= 11 is 0. The van der Waals surface area contributed by atoms with E-state index in [1.165, 1.54) is 4.90 Å². The van der Waals surface area contributed by atoms with Crippen molar-refractivity contribution in [2.45, 2.75) is 31.2 Å². The second kappa shape index (κ2) is 11.6. The molecule has 0 saturated carbocycles. The number of methoxy groups -OCH3 is 2. The Morgan fingerprint density at radius 2 is 1.94 bits per heavy atom. The average Bonchev–Trinajstić information content (AvgIpc) is 2.87. The van der Waals surface area contributed by atoms with Crippen LogP contribution in [0, 0.1) is 0 Å². The van der Waals surface area contributed by atoms with Crippen molar-refractivity contribution in [1.82, 2.24) is 4.90 Å². The number of aliphatic hydroxyl groups is 1. The quantitative estimate of drug-likeness (QED) is 0.522. The molecular weight excluding hydrogens is 452 g/mol. The molecular formula is C26H34N2O7. The smallest absolute Gasteiger partial charge is 0.407 e. The van der Waals surface area contributed by atoms with Crippen molar-refractivity contribution in [2.75, 3.05) is 58.5 Å². The molecule has 2 heterocycles. The number of carboxylic acid groups (broad SMARTS) is 1. The highest BCUT2D eigenvalue weighted by Gasteiger charge is 2.39. The van der Waals surface area contributed by atoms with E-state index in [0.29, 0.717) is 13.2 Å². The molecule has 2 aliphatic rings. The molecule has 4 rings (SSSR count). The fourth-order valence-corrected chi connectivity index (χ4v) is 4.81. The predicted molar refractivity (Wildman–Crippen MR) is 131 cm³/mol. The van der Waals surface area contributed by atoms with Crippen LogP contribution in [-0.4, -0.2) is 87.0 Å². The predicted octanol–water partition coefficient (Wildman–Crippen LogP) is 2.95. The van der Waals surface area contributed by atoms with Crippen LogP contribution in [0.4, 0.5) is 10.5 Å². The molecule has 2 aliphatic heterocycles. The molecule has 1 amide bonds. The number of benzene rings is 2. The lowest BCUT2D eigenvalue weighted by Gasteiger charge is -2.40. The van der Waals surface area contributed by atoms with Gasteiger partial charge in [-0.1, -0.05) is 18.2 Å². The number of fused-ring (bicyclic) bond motifs is 1. The molecule has 0 spiro atoms. The summed E-state index contributed by atoms with van der Waals surface area (Å²) in [6.45, 7) is 3.53. The molecule has 190 valence electrons. The van der Waals surface area contributed by atoms with Gasteiger partial charge in [0.2, 0.25) is 0 Å². The van der Waals surface area contributed by atoms with Gasteiger partial charge in [0.25, 0.3) is 0 Å². The fourth-order valence-electron chi connectivity index (χ4n) is 4.81. The van der Waals surface area contributed by atoms with E-state index in [9.17, 15) is 15.0 Å². The fraction of sp³-hybridized carbons (Fsp3) is 0.500. The van der Waals surface area contributed by atoms with Gasteiger partial charge >= 0.3 is 6.09 Å². The van der Waals surface area contributed by atoms with Crippen LogP contribution in [0.2, 0.25) is 0 Å². The van der Waals surface area contributed by atoms with Gasteiger partial charge in [0, 0.05) is 26.2 Å². The molecule has 2 N–H and O–H groups in total. The summed E-state index contributed by atoms with van der Waals surface area (Å²) < 4.78 is 22.6. The van der Waals surface area contributed by atoms with Crippen LogP contribution >= 0.6 is 0 Å². The van der Waals surface area contributed by atoms with Gasteiger partial charge in [-0.3, -0.25) is 0 Å². The summed E-state index contributed by atoms with van der Waals surface area (Å²) in [5, 5.41) is 20.4. The number of hydrogen-bond acceptors (Lipinski definition) is 7. The minimum Gasteiger partial charge on any atom is -0.497 e. The minimum atomic E-state index is -1.07. The summed E-state index contributed by atoms with van der Waals surface area (Å²) in [5.41, 5.74) is 2.87. The summed E-state index contributed by atoms with van der Waals surface area (Å²) in [4.78, 5) is 15.2. The third-order valence-electron chi connectivity index (χ3n) is 6.62. The molecule has 0 radical (unpaired) electrons. The standard InChI is InChI=1S/C26H34N2O7/c1-32-12-3-10-27-11-13-34-23-9-4-18(14-21(23)27)17-35-24-16-28(26(30)31)15-22(29)25(24)19-5-7-20(33-2)8-6-19/h4-9,14,22,24-25,29H,3,10-13,15-17H2,1-2H3,(H,30,31). The number of carbonyl (C=O) groups is 1. The zero-order valence-corrected chi connectivity index (χ0v) is 20.3. The van der Waals surface area contributed by atoms with Crippen molar-refractivity contribution in [3.05, 3.63) is 53.6 Å². The Balaban J connectivity index is 1.51. The zero-order chi connectivity index (χ0) is 24.8. The first-order chi connectivity index (χ1) is 17.0. The second-order valence-electron chi connectivity index (χ2n) is 8.89. The van der Waals surface area contributed by atoms with Crippen LogP contribution < -0.4 is 14.4 Å². The highest BCUT2D eigenvalue weighted by atomic mass is 16.5. The number of ether oxygens (including phenoxy) is 4. The summed E-state index contributed by atoms with van der Waals surface area (Å²) in [6, 6.07) is 13.5. The van der Waals surface area contributed by atoms with Crippen LogP contribution in [0.3, 0.4) is 0 Å². The van der Waals surface area contributed by atoms with Gasteiger partial charge in [0.1, 0.15) is 18.1 Å². The van der Waals surface area contributed by atoms with Crippen molar-refractivity contribution in [3.8, 4) is 11.5 Å². The minimum absolute atomic E-state index is 0.0402. The molecule has 9 heteroatoms. The topological polar surface area (TPSA) is 101 Å². The van der Waals surface area contributed by atoms with Gasteiger partial charge < -0.3 is 39.0 Å². The Morgan fingerprint density at radius 3 is 2.66 bits per heavy atom. The highest BCUT2D eigenvalue weighted by molar-refractivity contribution is 5.65. The number of likely N-dealkylation sites (tertiary alicyclic amines) is 1. The lowest BCUT2D eigenvalue weighted by Crippen LogP contribution is -2.53. The molecule has 0 bridgehead atoms. The van der Waals surface area contributed by atoms with Gasteiger partial charge in [-0.05, 0) is 41.8 Å². The number of anilines is 1. The number of rotatable bonds is 9. The van der Waals surface area contributed by atoms with Crippen molar-refractivity contribution in [3.63, 3.8) is 0 Å². The van der Waals surface area contributed by atoms with Crippen LogP contribution in [0.5, 0.6) is 11.5 Å². The number of hydrogen-bond donors (Lipinski definition) is 2. The van der Waals surface area contributed by atoms with Crippen molar-refractivity contribution < 1.29 is 34.0 Å². The Hall–Kier alpha value is -3.01. The number of nitrogens with zero attached hydrogens (tertiary/aromatic N) is 2. The van der Waals surface area contributed by atoms with Gasteiger partial charge in [0.05, 0.1) is 51.2 Å². The van der Waals surface area contributed by atoms with E-state index in [-0.39, 0.29) is 25.6 Å². The summed E-state index contributed by atoms with van der Waals surface area (Å²) in [7, 11) is 3.30. The van der Waals surface area contributed by atoms with Crippen LogP contribution in [0.25, 0.3) is 0 Å². The molecule has 1 saturated heterocycles. The Labute approximate surface area is 205 Å². The molecule has 1 fully saturated rings. The van der Waals surface area contributed by atoms with Gasteiger partial charge in [-0.25, -0.2) is 4.79 Å². The maximum absolute atomic E-state index is 11.7. The SMILES string of the molecule is COCCCN1CCOc2ccc(COC3CN(C(=O)O)CC(O)C3c3ccc(OC)cc3)cc21. The normalized spacial score (nSPS) is 21.9. The van der Waals surface area contributed by atoms with Gasteiger partial charge in [-0.15, -0.1) is 0 Å². The summed E-state index contributed by atoms with van der Waals surface area (Å²) in [5.74, 6) is 1.21. The van der Waals surface area contributed by atoms with Crippen molar-refractivity contribution >= 4 is 11.8 Å². The van der Waals surface area contributed by atoms with Crippen LogP contribution in [-0.2, 0) is 16.1 Å². The van der Waals surface area contributed by atoms with E-state index in [0.717, 1.165) is 47.8 Å². The highest BCUT2D eigenvalue weighted by Crippen LogP contribution is 2.35. The van der Waals surface area contributed by atoms with Crippen molar-refractivity contribution in [2.24, 2.45) is 0 Å². The van der Waals surface area contributed by atoms with E-state index >= 15 is 0 Å². The molecule has 3 unspecified atom stereocenters. The van der Waals surface area contributed by atoms with E-state index in [2.05, 4.69) is 11.0 Å². The molecule has 2 aromatic rings. The Morgan fingerprint density at radius 1 is 1.14 bits per heavy atom. The van der Waals surface area contributed by atoms with Crippen LogP contribution in [0.15, 0.2) is 42.5 Å². The molecule has 0 aromatic heterocycles. The monoisotopic (exact) mass is 486 g/mol. The van der Waals surface area contributed by atoms with E-state index in [1.54, 1.807) is 14.2 Å². The zero-order valence-electron chi connectivity index (χ0n) is 20.3. The lowest BCUT2D eigenvalue weighted by molar-refractivity contribution is -0.0660.